The van der Waals surface area contributed by atoms with Crippen LogP contribution in [-0.4, -0.2) is 34.6 Å². The smallest absolute Gasteiger partial charge is 0.399 e. The van der Waals surface area contributed by atoms with Crippen LogP contribution in [0.4, 0.5) is 0 Å². The highest BCUT2D eigenvalue weighted by molar-refractivity contribution is 7.13. The topological polar surface area (TPSA) is 60.5 Å². The lowest BCUT2D eigenvalue weighted by Gasteiger charge is -2.32. The van der Waals surface area contributed by atoms with Crippen molar-refractivity contribution in [2.24, 2.45) is 0 Å². The number of carbonyl (C=O) groups excluding carboxylic acids is 1. The van der Waals surface area contributed by atoms with E-state index in [1.807, 2.05) is 59.7 Å². The van der Waals surface area contributed by atoms with Gasteiger partial charge in [-0.25, -0.2) is 0 Å². The zero-order chi connectivity index (χ0) is 17.7. The molecule has 128 valence electrons. The Bertz CT molecular complexity index is 769. The SMILES string of the molecule is CC(C)NC(=O)c1nsc2cc(B3OC(C)(C)C(C)(C)O3)ccc12. The normalized spacial score (nSPS) is 19.2. The molecule has 1 aliphatic rings. The third-order valence-corrected chi connectivity index (χ3v) is 5.46. The van der Waals surface area contributed by atoms with Crippen molar-refractivity contribution in [2.75, 3.05) is 0 Å². The van der Waals surface area contributed by atoms with Crippen molar-refractivity contribution in [3.05, 3.63) is 23.9 Å². The molecule has 1 aliphatic heterocycles. The Morgan fingerprint density at radius 1 is 1.21 bits per heavy atom. The third-order valence-electron chi connectivity index (χ3n) is 4.66. The summed E-state index contributed by atoms with van der Waals surface area (Å²) in [7, 11) is -0.408. The van der Waals surface area contributed by atoms with E-state index in [1.54, 1.807) is 0 Å². The van der Waals surface area contributed by atoms with Gasteiger partial charge in [0.1, 0.15) is 5.69 Å². The molecule has 1 N–H and O–H groups in total. The molecule has 0 bridgehead atoms. The minimum atomic E-state index is -0.408. The van der Waals surface area contributed by atoms with Gasteiger partial charge < -0.3 is 14.6 Å². The lowest BCUT2D eigenvalue weighted by molar-refractivity contribution is 0.00578. The average Bonchev–Trinajstić information content (AvgIpc) is 2.96. The van der Waals surface area contributed by atoms with Crippen LogP contribution in [0.25, 0.3) is 10.1 Å². The number of rotatable bonds is 3. The lowest BCUT2D eigenvalue weighted by Crippen LogP contribution is -2.41. The van der Waals surface area contributed by atoms with E-state index in [0.29, 0.717) is 5.69 Å². The summed E-state index contributed by atoms with van der Waals surface area (Å²) in [6, 6.07) is 5.96. The van der Waals surface area contributed by atoms with Crippen LogP contribution in [0.3, 0.4) is 0 Å². The summed E-state index contributed by atoms with van der Waals surface area (Å²) >= 11 is 1.32. The van der Waals surface area contributed by atoms with Gasteiger partial charge in [-0.15, -0.1) is 0 Å². The second-order valence-corrected chi connectivity index (χ2v) is 8.31. The summed E-state index contributed by atoms with van der Waals surface area (Å²) in [5.74, 6) is -0.139. The Morgan fingerprint density at radius 2 is 1.83 bits per heavy atom. The highest BCUT2D eigenvalue weighted by atomic mass is 32.1. The Morgan fingerprint density at radius 3 is 2.42 bits per heavy atom. The van der Waals surface area contributed by atoms with E-state index in [9.17, 15) is 4.79 Å². The molecule has 1 aromatic heterocycles. The standard InChI is InChI=1S/C17H23BN2O3S/c1-10(2)19-15(21)14-12-8-7-11(9-13(12)24-20-14)18-22-16(3,4)17(5,6)23-18/h7-10H,1-6H3,(H,19,21). The first-order valence-electron chi connectivity index (χ1n) is 8.16. The zero-order valence-corrected chi connectivity index (χ0v) is 15.8. The molecular weight excluding hydrogens is 323 g/mol. The van der Waals surface area contributed by atoms with Gasteiger partial charge >= 0.3 is 7.12 Å². The van der Waals surface area contributed by atoms with Crippen molar-refractivity contribution < 1.29 is 14.1 Å². The largest absolute Gasteiger partial charge is 0.494 e. The van der Waals surface area contributed by atoms with E-state index in [2.05, 4.69) is 9.69 Å². The molecule has 1 aromatic carbocycles. The molecule has 1 amide bonds. The molecule has 2 heterocycles. The van der Waals surface area contributed by atoms with Gasteiger partial charge in [-0.05, 0) is 64.6 Å². The van der Waals surface area contributed by atoms with Crippen molar-refractivity contribution in [3.63, 3.8) is 0 Å². The van der Waals surface area contributed by atoms with Crippen LogP contribution in [0.5, 0.6) is 0 Å². The van der Waals surface area contributed by atoms with E-state index < -0.39 is 7.12 Å². The maximum absolute atomic E-state index is 12.2. The van der Waals surface area contributed by atoms with Crippen molar-refractivity contribution in [2.45, 2.75) is 58.8 Å². The van der Waals surface area contributed by atoms with Crippen LogP contribution >= 0.6 is 11.5 Å². The second kappa shape index (κ2) is 5.83. The summed E-state index contributed by atoms with van der Waals surface area (Å²) in [6.45, 7) is 12.0. The van der Waals surface area contributed by atoms with Gasteiger partial charge in [-0.1, -0.05) is 12.1 Å². The molecule has 5 nitrogen and oxygen atoms in total. The van der Waals surface area contributed by atoms with Gasteiger partial charge in [0.15, 0.2) is 0 Å². The summed E-state index contributed by atoms with van der Waals surface area (Å²) in [5.41, 5.74) is 0.676. The predicted molar refractivity (Wildman–Crippen MR) is 97.9 cm³/mol. The van der Waals surface area contributed by atoms with Gasteiger partial charge in [0.2, 0.25) is 0 Å². The number of hydrogen-bond acceptors (Lipinski definition) is 5. The number of aromatic nitrogens is 1. The maximum atomic E-state index is 12.2. The fourth-order valence-corrected chi connectivity index (χ4v) is 3.40. The van der Waals surface area contributed by atoms with Crippen molar-refractivity contribution in [1.29, 1.82) is 0 Å². The maximum Gasteiger partial charge on any atom is 0.494 e. The molecule has 1 fully saturated rings. The van der Waals surface area contributed by atoms with E-state index in [4.69, 9.17) is 9.31 Å². The van der Waals surface area contributed by atoms with Crippen LogP contribution in [0.1, 0.15) is 52.0 Å². The van der Waals surface area contributed by atoms with E-state index in [-0.39, 0.29) is 23.2 Å². The minimum Gasteiger partial charge on any atom is -0.399 e. The minimum absolute atomic E-state index is 0.0817. The molecule has 2 aromatic rings. The number of amides is 1. The summed E-state index contributed by atoms with van der Waals surface area (Å²) < 4.78 is 17.5. The fourth-order valence-electron chi connectivity index (χ4n) is 2.57. The lowest BCUT2D eigenvalue weighted by atomic mass is 9.79. The van der Waals surface area contributed by atoms with Gasteiger partial charge in [0.25, 0.3) is 5.91 Å². The summed E-state index contributed by atoms with van der Waals surface area (Å²) in [5, 5.41) is 3.74. The third kappa shape index (κ3) is 2.96. The molecule has 24 heavy (non-hydrogen) atoms. The average molecular weight is 346 g/mol. The van der Waals surface area contributed by atoms with Gasteiger partial charge in [-0.3, -0.25) is 4.79 Å². The highest BCUT2D eigenvalue weighted by Crippen LogP contribution is 2.36. The fraction of sp³-hybridized carbons (Fsp3) is 0.529. The number of hydrogen-bond donors (Lipinski definition) is 1. The van der Waals surface area contributed by atoms with E-state index in [1.165, 1.54) is 11.5 Å². The number of carbonyl (C=O) groups is 1. The van der Waals surface area contributed by atoms with Crippen molar-refractivity contribution >= 4 is 40.1 Å². The second-order valence-electron chi connectivity index (χ2n) is 7.50. The monoisotopic (exact) mass is 346 g/mol. The first-order chi connectivity index (χ1) is 11.1. The van der Waals surface area contributed by atoms with Crippen LogP contribution in [0.2, 0.25) is 0 Å². The van der Waals surface area contributed by atoms with Gasteiger partial charge in [-0.2, -0.15) is 4.37 Å². The zero-order valence-electron chi connectivity index (χ0n) is 15.0. The first kappa shape index (κ1) is 17.4. The quantitative estimate of drug-likeness (QED) is 0.869. The Labute approximate surface area is 147 Å². The number of nitrogens with zero attached hydrogens (tertiary/aromatic N) is 1. The van der Waals surface area contributed by atoms with E-state index in [0.717, 1.165) is 15.5 Å². The van der Waals surface area contributed by atoms with Crippen LogP contribution in [-0.2, 0) is 9.31 Å². The van der Waals surface area contributed by atoms with Crippen molar-refractivity contribution in [1.82, 2.24) is 9.69 Å². The van der Waals surface area contributed by atoms with Crippen LogP contribution in [0, 0.1) is 0 Å². The number of benzene rings is 1. The molecule has 0 radical (unpaired) electrons. The number of nitrogens with one attached hydrogen (secondary N) is 1. The predicted octanol–water partition coefficient (Wildman–Crippen LogP) is 2.73. The molecule has 0 spiro atoms. The molecule has 0 saturated carbocycles. The summed E-state index contributed by atoms with van der Waals surface area (Å²) in [6.07, 6.45) is 0. The Hall–Kier alpha value is -1.44. The number of fused-ring (bicyclic) bond motifs is 1. The molecule has 1 saturated heterocycles. The molecule has 3 rings (SSSR count). The van der Waals surface area contributed by atoms with Gasteiger partial charge in [0.05, 0.1) is 15.9 Å². The van der Waals surface area contributed by atoms with Gasteiger partial charge in [0, 0.05) is 11.4 Å². The molecule has 7 heteroatoms. The van der Waals surface area contributed by atoms with Crippen LogP contribution in [0.15, 0.2) is 18.2 Å². The molecular formula is C17H23BN2O3S. The highest BCUT2D eigenvalue weighted by Gasteiger charge is 2.51. The Kier molecular flexibility index (Phi) is 4.22. The van der Waals surface area contributed by atoms with Crippen molar-refractivity contribution in [3.8, 4) is 0 Å². The van der Waals surface area contributed by atoms with E-state index >= 15 is 0 Å². The molecule has 0 aliphatic carbocycles. The molecule has 0 unspecified atom stereocenters. The Balaban J connectivity index is 1.90. The molecule has 0 atom stereocenters. The van der Waals surface area contributed by atoms with Crippen LogP contribution < -0.4 is 10.8 Å². The summed E-state index contributed by atoms with van der Waals surface area (Å²) in [4.78, 5) is 12.2. The first-order valence-corrected chi connectivity index (χ1v) is 8.94.